The van der Waals surface area contributed by atoms with Gasteiger partial charge in [0, 0.05) is 12.6 Å². The van der Waals surface area contributed by atoms with Crippen LogP contribution in [0.15, 0.2) is 0 Å². The lowest BCUT2D eigenvalue weighted by molar-refractivity contribution is 0.0960. The Kier molecular flexibility index (Phi) is 4.74. The molecule has 1 N–H and O–H groups in total. The Morgan fingerprint density at radius 1 is 1.38 bits per heavy atom. The molecule has 0 bridgehead atoms. The molecule has 1 atom stereocenters. The van der Waals surface area contributed by atoms with Crippen LogP contribution in [0.25, 0.3) is 0 Å². The van der Waals surface area contributed by atoms with Gasteiger partial charge in [0.15, 0.2) is 0 Å². The molecule has 13 heavy (non-hydrogen) atoms. The topological polar surface area (TPSA) is 21.3 Å². The van der Waals surface area contributed by atoms with Gasteiger partial charge in [0.25, 0.3) is 0 Å². The molecule has 1 aliphatic rings. The monoisotopic (exact) mass is 185 g/mol. The first-order valence-corrected chi connectivity index (χ1v) is 5.49. The number of ether oxygens (including phenoxy) is 1. The van der Waals surface area contributed by atoms with Gasteiger partial charge in [-0.3, -0.25) is 0 Å². The molecule has 1 saturated carbocycles. The molecule has 0 amide bonds. The Morgan fingerprint density at radius 2 is 2.08 bits per heavy atom. The lowest BCUT2D eigenvalue weighted by Gasteiger charge is -2.19. The van der Waals surface area contributed by atoms with Gasteiger partial charge in [-0.1, -0.05) is 26.7 Å². The molecular weight excluding hydrogens is 162 g/mol. The number of rotatable bonds is 7. The van der Waals surface area contributed by atoms with E-state index in [1.54, 1.807) is 0 Å². The van der Waals surface area contributed by atoms with Crippen molar-refractivity contribution in [3.8, 4) is 0 Å². The van der Waals surface area contributed by atoms with Crippen LogP contribution in [0.5, 0.6) is 0 Å². The summed E-state index contributed by atoms with van der Waals surface area (Å²) in [6, 6.07) is 0.513. The van der Waals surface area contributed by atoms with Crippen LogP contribution in [-0.4, -0.2) is 26.3 Å². The third kappa shape index (κ3) is 4.63. The van der Waals surface area contributed by atoms with Crippen molar-refractivity contribution in [1.29, 1.82) is 0 Å². The minimum atomic E-state index is 0.513. The maximum absolute atomic E-state index is 5.64. The highest BCUT2D eigenvalue weighted by Crippen LogP contribution is 2.32. The Balaban J connectivity index is 1.94. The van der Waals surface area contributed by atoms with Crippen LogP contribution in [0.1, 0.15) is 33.1 Å². The Hall–Kier alpha value is -0.0800. The summed E-state index contributed by atoms with van der Waals surface area (Å²) in [5.74, 6) is 1.65. The van der Waals surface area contributed by atoms with E-state index in [1.165, 1.54) is 19.3 Å². The van der Waals surface area contributed by atoms with E-state index in [0.717, 1.165) is 19.1 Å². The summed E-state index contributed by atoms with van der Waals surface area (Å²) in [6.07, 6.45) is 4.14. The third-order valence-corrected chi connectivity index (χ3v) is 2.84. The van der Waals surface area contributed by atoms with Crippen molar-refractivity contribution in [3.63, 3.8) is 0 Å². The van der Waals surface area contributed by atoms with Crippen molar-refractivity contribution in [2.75, 3.05) is 20.3 Å². The second-order valence-corrected chi connectivity index (χ2v) is 4.45. The zero-order valence-corrected chi connectivity index (χ0v) is 9.18. The SMILES string of the molecule is CNC(COCCC1CC1)C(C)C. The summed E-state index contributed by atoms with van der Waals surface area (Å²) in [4.78, 5) is 0. The molecule has 0 saturated heterocycles. The van der Waals surface area contributed by atoms with E-state index in [1.807, 2.05) is 7.05 Å². The molecular formula is C11H23NO. The minimum absolute atomic E-state index is 0.513. The maximum atomic E-state index is 5.64. The summed E-state index contributed by atoms with van der Waals surface area (Å²) < 4.78 is 5.64. The van der Waals surface area contributed by atoms with Crippen LogP contribution in [0.3, 0.4) is 0 Å². The van der Waals surface area contributed by atoms with E-state index in [0.29, 0.717) is 12.0 Å². The molecule has 0 aromatic rings. The van der Waals surface area contributed by atoms with Crippen molar-refractivity contribution in [2.24, 2.45) is 11.8 Å². The molecule has 78 valence electrons. The third-order valence-electron chi connectivity index (χ3n) is 2.84. The molecule has 1 aliphatic carbocycles. The highest BCUT2D eigenvalue weighted by atomic mass is 16.5. The smallest absolute Gasteiger partial charge is 0.0621 e. The van der Waals surface area contributed by atoms with Crippen molar-refractivity contribution < 1.29 is 4.74 Å². The summed E-state index contributed by atoms with van der Waals surface area (Å²) in [5.41, 5.74) is 0. The molecule has 0 radical (unpaired) electrons. The molecule has 1 fully saturated rings. The highest BCUT2D eigenvalue weighted by Gasteiger charge is 2.20. The normalized spacial score (nSPS) is 19.4. The van der Waals surface area contributed by atoms with Gasteiger partial charge in [-0.05, 0) is 25.3 Å². The van der Waals surface area contributed by atoms with Gasteiger partial charge in [0.2, 0.25) is 0 Å². The van der Waals surface area contributed by atoms with E-state index < -0.39 is 0 Å². The van der Waals surface area contributed by atoms with E-state index >= 15 is 0 Å². The first kappa shape index (κ1) is 11.0. The van der Waals surface area contributed by atoms with Crippen molar-refractivity contribution in [1.82, 2.24) is 5.32 Å². The first-order chi connectivity index (χ1) is 6.24. The molecule has 0 aromatic carbocycles. The molecule has 2 heteroatoms. The summed E-state index contributed by atoms with van der Waals surface area (Å²) in [5, 5.41) is 3.28. The first-order valence-electron chi connectivity index (χ1n) is 5.49. The summed E-state index contributed by atoms with van der Waals surface area (Å²) in [6.45, 7) is 6.27. The molecule has 0 aromatic heterocycles. The van der Waals surface area contributed by atoms with E-state index in [9.17, 15) is 0 Å². The number of hydrogen-bond acceptors (Lipinski definition) is 2. The van der Waals surface area contributed by atoms with Crippen LogP contribution < -0.4 is 5.32 Å². The fourth-order valence-corrected chi connectivity index (χ4v) is 1.48. The average molecular weight is 185 g/mol. The number of likely N-dealkylation sites (N-methyl/N-ethyl adjacent to an activating group) is 1. The van der Waals surface area contributed by atoms with Crippen LogP contribution in [0.4, 0.5) is 0 Å². The molecule has 0 spiro atoms. The quantitative estimate of drug-likeness (QED) is 0.613. The zero-order valence-electron chi connectivity index (χ0n) is 9.18. The second kappa shape index (κ2) is 5.61. The summed E-state index contributed by atoms with van der Waals surface area (Å²) >= 11 is 0. The van der Waals surface area contributed by atoms with Gasteiger partial charge >= 0.3 is 0 Å². The van der Waals surface area contributed by atoms with Crippen LogP contribution >= 0.6 is 0 Å². The van der Waals surface area contributed by atoms with Crippen LogP contribution in [0.2, 0.25) is 0 Å². The zero-order chi connectivity index (χ0) is 9.68. The van der Waals surface area contributed by atoms with E-state index in [2.05, 4.69) is 19.2 Å². The molecule has 2 nitrogen and oxygen atoms in total. The molecule has 0 heterocycles. The average Bonchev–Trinajstić information content (AvgIpc) is 2.87. The van der Waals surface area contributed by atoms with Crippen LogP contribution in [-0.2, 0) is 4.74 Å². The lowest BCUT2D eigenvalue weighted by atomic mass is 10.1. The van der Waals surface area contributed by atoms with Crippen LogP contribution in [0, 0.1) is 11.8 Å². The highest BCUT2D eigenvalue weighted by molar-refractivity contribution is 4.73. The maximum Gasteiger partial charge on any atom is 0.0621 e. The Morgan fingerprint density at radius 3 is 2.54 bits per heavy atom. The molecule has 0 aliphatic heterocycles. The fraction of sp³-hybridized carbons (Fsp3) is 1.00. The second-order valence-electron chi connectivity index (χ2n) is 4.45. The van der Waals surface area contributed by atoms with Crippen molar-refractivity contribution >= 4 is 0 Å². The van der Waals surface area contributed by atoms with E-state index in [4.69, 9.17) is 4.74 Å². The Labute approximate surface area is 82.0 Å². The van der Waals surface area contributed by atoms with Crippen molar-refractivity contribution in [2.45, 2.75) is 39.2 Å². The van der Waals surface area contributed by atoms with Crippen molar-refractivity contribution in [3.05, 3.63) is 0 Å². The Bertz CT molecular complexity index is 132. The lowest BCUT2D eigenvalue weighted by Crippen LogP contribution is -2.35. The van der Waals surface area contributed by atoms with Gasteiger partial charge < -0.3 is 10.1 Å². The van der Waals surface area contributed by atoms with Gasteiger partial charge in [-0.25, -0.2) is 0 Å². The minimum Gasteiger partial charge on any atom is -0.380 e. The van der Waals surface area contributed by atoms with Gasteiger partial charge in [0.05, 0.1) is 6.61 Å². The van der Waals surface area contributed by atoms with E-state index in [-0.39, 0.29) is 0 Å². The predicted molar refractivity (Wildman–Crippen MR) is 55.8 cm³/mol. The predicted octanol–water partition coefficient (Wildman–Crippen LogP) is 2.05. The largest absolute Gasteiger partial charge is 0.380 e. The van der Waals surface area contributed by atoms with Gasteiger partial charge in [-0.2, -0.15) is 0 Å². The summed E-state index contributed by atoms with van der Waals surface area (Å²) in [7, 11) is 2.01. The van der Waals surface area contributed by atoms with Gasteiger partial charge in [0.1, 0.15) is 0 Å². The molecule has 1 rings (SSSR count). The fourth-order valence-electron chi connectivity index (χ4n) is 1.48. The number of nitrogens with one attached hydrogen (secondary N) is 1. The molecule has 1 unspecified atom stereocenters. The van der Waals surface area contributed by atoms with Gasteiger partial charge in [-0.15, -0.1) is 0 Å². The number of hydrogen-bond donors (Lipinski definition) is 1. The standard InChI is InChI=1S/C11H23NO/c1-9(2)11(12-3)8-13-7-6-10-4-5-10/h9-12H,4-8H2,1-3H3.